The van der Waals surface area contributed by atoms with E-state index in [1.54, 1.807) is 4.90 Å². The predicted octanol–water partition coefficient (Wildman–Crippen LogP) is 1.29. The highest BCUT2D eigenvalue weighted by molar-refractivity contribution is 5.76. The number of carboxylic acid groups (broad SMARTS) is 1. The molecular formula is C11H20N2O3. The summed E-state index contributed by atoms with van der Waals surface area (Å²) in [7, 11) is 0. The predicted molar refractivity (Wildman–Crippen MR) is 60.2 cm³/mol. The number of hydrogen-bond donors (Lipinski definition) is 2. The van der Waals surface area contributed by atoms with Crippen LogP contribution in [-0.4, -0.2) is 41.6 Å². The van der Waals surface area contributed by atoms with Gasteiger partial charge < -0.3 is 15.3 Å². The van der Waals surface area contributed by atoms with E-state index in [0.717, 1.165) is 32.5 Å². The molecular weight excluding hydrogens is 208 g/mol. The molecule has 92 valence electrons. The summed E-state index contributed by atoms with van der Waals surface area (Å²) in [5.41, 5.74) is 0. The third-order valence-corrected chi connectivity index (χ3v) is 3.10. The van der Waals surface area contributed by atoms with Crippen LogP contribution in [0.5, 0.6) is 0 Å². The first-order valence-electron chi connectivity index (χ1n) is 5.88. The molecule has 0 aliphatic carbocycles. The fraction of sp³-hybridized carbons (Fsp3) is 0.818. The summed E-state index contributed by atoms with van der Waals surface area (Å²) >= 11 is 0. The summed E-state index contributed by atoms with van der Waals surface area (Å²) in [5, 5.41) is 11.4. The molecule has 0 saturated carbocycles. The Bertz CT molecular complexity index is 256. The van der Waals surface area contributed by atoms with E-state index >= 15 is 0 Å². The minimum absolute atomic E-state index is 0.00749. The van der Waals surface area contributed by atoms with Crippen molar-refractivity contribution in [3.8, 4) is 0 Å². The van der Waals surface area contributed by atoms with Gasteiger partial charge in [-0.05, 0) is 18.8 Å². The van der Waals surface area contributed by atoms with E-state index in [1.165, 1.54) is 0 Å². The van der Waals surface area contributed by atoms with E-state index < -0.39 is 5.97 Å². The minimum Gasteiger partial charge on any atom is -0.481 e. The van der Waals surface area contributed by atoms with Crippen LogP contribution in [0.15, 0.2) is 0 Å². The number of hydrogen-bond acceptors (Lipinski definition) is 2. The van der Waals surface area contributed by atoms with Gasteiger partial charge in [-0.15, -0.1) is 0 Å². The molecule has 1 aliphatic heterocycles. The van der Waals surface area contributed by atoms with E-state index in [-0.39, 0.29) is 12.5 Å². The average molecular weight is 228 g/mol. The van der Waals surface area contributed by atoms with Crippen molar-refractivity contribution in [3.05, 3.63) is 0 Å². The van der Waals surface area contributed by atoms with Gasteiger partial charge in [0.15, 0.2) is 0 Å². The van der Waals surface area contributed by atoms with Crippen LogP contribution in [0.1, 0.15) is 32.6 Å². The van der Waals surface area contributed by atoms with Crippen LogP contribution in [0, 0.1) is 5.92 Å². The number of carbonyl (C=O) groups is 2. The zero-order chi connectivity index (χ0) is 12.0. The van der Waals surface area contributed by atoms with Gasteiger partial charge >= 0.3 is 12.0 Å². The molecule has 0 aromatic rings. The van der Waals surface area contributed by atoms with E-state index in [4.69, 9.17) is 5.11 Å². The Labute approximate surface area is 95.8 Å². The van der Waals surface area contributed by atoms with E-state index in [0.29, 0.717) is 12.3 Å². The van der Waals surface area contributed by atoms with Crippen LogP contribution in [0.4, 0.5) is 4.79 Å². The number of rotatable bonds is 7. The molecule has 1 atom stereocenters. The zero-order valence-electron chi connectivity index (χ0n) is 9.74. The van der Waals surface area contributed by atoms with E-state index in [2.05, 4.69) is 12.2 Å². The number of urea groups is 1. The Balaban J connectivity index is 2.22. The lowest BCUT2D eigenvalue weighted by Gasteiger charge is -2.18. The first kappa shape index (κ1) is 12.8. The molecule has 2 N–H and O–H groups in total. The van der Waals surface area contributed by atoms with Crippen molar-refractivity contribution in [1.29, 1.82) is 0 Å². The molecule has 2 amide bonds. The monoisotopic (exact) mass is 228 g/mol. The molecule has 16 heavy (non-hydrogen) atoms. The molecule has 1 heterocycles. The Hall–Kier alpha value is -1.26. The average Bonchev–Trinajstić information content (AvgIpc) is 2.64. The molecule has 0 aromatic heterocycles. The van der Waals surface area contributed by atoms with Gasteiger partial charge in [0.2, 0.25) is 0 Å². The summed E-state index contributed by atoms with van der Waals surface area (Å²) in [4.78, 5) is 23.5. The van der Waals surface area contributed by atoms with E-state index in [1.807, 2.05) is 0 Å². The topological polar surface area (TPSA) is 69.6 Å². The fourth-order valence-corrected chi connectivity index (χ4v) is 1.94. The SMILES string of the molecule is CCC(CCC(=O)O)CCN1CCNC1=O. The lowest BCUT2D eigenvalue weighted by atomic mass is 9.96. The highest BCUT2D eigenvalue weighted by Gasteiger charge is 2.20. The standard InChI is InChI=1S/C11H20N2O3/c1-2-9(3-4-10(14)15)5-7-13-8-6-12-11(13)16/h9H,2-8H2,1H3,(H,12,16)(H,14,15). The van der Waals surface area contributed by atoms with Gasteiger partial charge in [-0.1, -0.05) is 13.3 Å². The Morgan fingerprint density at radius 3 is 2.81 bits per heavy atom. The highest BCUT2D eigenvalue weighted by Crippen LogP contribution is 2.16. The molecule has 0 spiro atoms. The molecule has 1 unspecified atom stereocenters. The van der Waals surface area contributed by atoms with Crippen molar-refractivity contribution < 1.29 is 14.7 Å². The van der Waals surface area contributed by atoms with E-state index in [9.17, 15) is 9.59 Å². The quantitative estimate of drug-likeness (QED) is 0.690. The molecule has 1 saturated heterocycles. The van der Waals surface area contributed by atoms with Gasteiger partial charge in [-0.2, -0.15) is 0 Å². The maximum absolute atomic E-state index is 11.3. The molecule has 0 aromatic carbocycles. The van der Waals surface area contributed by atoms with Crippen LogP contribution >= 0.6 is 0 Å². The van der Waals surface area contributed by atoms with Gasteiger partial charge in [0.25, 0.3) is 0 Å². The van der Waals surface area contributed by atoms with Crippen LogP contribution in [0.25, 0.3) is 0 Å². The number of carbonyl (C=O) groups excluding carboxylic acids is 1. The number of aliphatic carboxylic acids is 1. The molecule has 1 aliphatic rings. The second-order valence-corrected chi connectivity index (χ2v) is 4.21. The summed E-state index contributed by atoms with van der Waals surface area (Å²) in [6.45, 7) is 4.31. The van der Waals surface area contributed by atoms with Gasteiger partial charge in [0.1, 0.15) is 0 Å². The highest BCUT2D eigenvalue weighted by atomic mass is 16.4. The number of nitrogens with one attached hydrogen (secondary N) is 1. The summed E-state index contributed by atoms with van der Waals surface area (Å²) in [6.07, 6.45) is 2.81. The van der Waals surface area contributed by atoms with Gasteiger partial charge in [-0.3, -0.25) is 4.79 Å². The Kier molecular flexibility index (Phi) is 5.08. The van der Waals surface area contributed by atoms with Crippen molar-refractivity contribution >= 4 is 12.0 Å². The smallest absolute Gasteiger partial charge is 0.317 e. The second-order valence-electron chi connectivity index (χ2n) is 4.21. The fourth-order valence-electron chi connectivity index (χ4n) is 1.94. The first-order chi connectivity index (χ1) is 7.63. The largest absolute Gasteiger partial charge is 0.481 e. The van der Waals surface area contributed by atoms with Gasteiger partial charge in [-0.25, -0.2) is 4.79 Å². The molecule has 1 fully saturated rings. The van der Waals surface area contributed by atoms with Crippen molar-refractivity contribution in [3.63, 3.8) is 0 Å². The molecule has 5 heteroatoms. The molecule has 1 rings (SSSR count). The molecule has 5 nitrogen and oxygen atoms in total. The molecule has 0 bridgehead atoms. The summed E-state index contributed by atoms with van der Waals surface area (Å²) in [6, 6.07) is 0.00749. The summed E-state index contributed by atoms with van der Waals surface area (Å²) in [5.74, 6) is -0.332. The normalized spacial score (nSPS) is 17.3. The van der Waals surface area contributed by atoms with Crippen molar-refractivity contribution in [1.82, 2.24) is 10.2 Å². The van der Waals surface area contributed by atoms with Gasteiger partial charge in [0.05, 0.1) is 0 Å². The van der Waals surface area contributed by atoms with Crippen molar-refractivity contribution in [2.24, 2.45) is 5.92 Å². The zero-order valence-corrected chi connectivity index (χ0v) is 9.74. The Morgan fingerprint density at radius 2 is 2.31 bits per heavy atom. The van der Waals surface area contributed by atoms with Crippen LogP contribution in [0.3, 0.4) is 0 Å². The number of carboxylic acids is 1. The summed E-state index contributed by atoms with van der Waals surface area (Å²) < 4.78 is 0. The second kappa shape index (κ2) is 6.35. The maximum atomic E-state index is 11.3. The maximum Gasteiger partial charge on any atom is 0.317 e. The van der Waals surface area contributed by atoms with Crippen molar-refractivity contribution in [2.45, 2.75) is 32.6 Å². The third kappa shape index (κ3) is 4.08. The van der Waals surface area contributed by atoms with Gasteiger partial charge in [0, 0.05) is 26.1 Å². The number of amides is 2. The number of nitrogens with zero attached hydrogens (tertiary/aromatic N) is 1. The van der Waals surface area contributed by atoms with Crippen LogP contribution < -0.4 is 5.32 Å². The first-order valence-corrected chi connectivity index (χ1v) is 5.88. The van der Waals surface area contributed by atoms with Crippen LogP contribution in [-0.2, 0) is 4.79 Å². The Morgan fingerprint density at radius 1 is 1.56 bits per heavy atom. The van der Waals surface area contributed by atoms with Crippen LogP contribution in [0.2, 0.25) is 0 Å². The molecule has 0 radical (unpaired) electrons. The lowest BCUT2D eigenvalue weighted by Crippen LogP contribution is -2.30. The van der Waals surface area contributed by atoms with Crippen molar-refractivity contribution in [2.75, 3.05) is 19.6 Å². The minimum atomic E-state index is -0.739. The third-order valence-electron chi connectivity index (χ3n) is 3.10. The lowest BCUT2D eigenvalue weighted by molar-refractivity contribution is -0.137.